The second-order valence-electron chi connectivity index (χ2n) is 6.35. The first-order valence-electron chi connectivity index (χ1n) is 8.25. The van der Waals surface area contributed by atoms with Gasteiger partial charge in [-0.15, -0.1) is 0 Å². The Labute approximate surface area is 123 Å². The lowest BCUT2D eigenvalue weighted by atomic mass is 9.88. The van der Waals surface area contributed by atoms with Gasteiger partial charge in [-0.05, 0) is 32.1 Å². The Balaban J connectivity index is 2.31. The van der Waals surface area contributed by atoms with Crippen molar-refractivity contribution in [3.8, 4) is 0 Å². The van der Waals surface area contributed by atoms with E-state index >= 15 is 0 Å². The Morgan fingerprint density at radius 3 is 2.45 bits per heavy atom. The molecule has 0 aromatic carbocycles. The van der Waals surface area contributed by atoms with Gasteiger partial charge in [0.2, 0.25) is 0 Å². The Bertz CT molecular complexity index is 434. The molecule has 0 amide bonds. The first-order chi connectivity index (χ1) is 9.63. The lowest BCUT2D eigenvalue weighted by molar-refractivity contribution is 0.428. The summed E-state index contributed by atoms with van der Waals surface area (Å²) in [6.07, 6.45) is 7.68. The number of anilines is 1. The van der Waals surface area contributed by atoms with Crippen LogP contribution in [0.25, 0.3) is 0 Å². The number of hydrogen-bond donors (Lipinski definition) is 1. The Morgan fingerprint density at radius 1 is 1.15 bits per heavy atom. The highest BCUT2D eigenvalue weighted by Gasteiger charge is 2.21. The lowest BCUT2D eigenvalue weighted by Crippen LogP contribution is -2.15. The molecule has 1 N–H and O–H groups in total. The molecule has 1 saturated carbocycles. The number of aromatic nitrogens is 2. The van der Waals surface area contributed by atoms with Gasteiger partial charge in [-0.3, -0.25) is 0 Å². The Hall–Kier alpha value is -1.12. The van der Waals surface area contributed by atoms with Gasteiger partial charge in [0.25, 0.3) is 0 Å². The van der Waals surface area contributed by atoms with Crippen molar-refractivity contribution < 1.29 is 0 Å². The van der Waals surface area contributed by atoms with Crippen LogP contribution in [0.4, 0.5) is 5.82 Å². The highest BCUT2D eigenvalue weighted by molar-refractivity contribution is 5.48. The van der Waals surface area contributed by atoms with Crippen molar-refractivity contribution in [3.63, 3.8) is 0 Å². The molecule has 3 nitrogen and oxygen atoms in total. The zero-order valence-electron chi connectivity index (χ0n) is 13.5. The molecule has 3 heteroatoms. The minimum atomic E-state index is 0.467. The van der Waals surface area contributed by atoms with E-state index in [2.05, 4.69) is 33.0 Å². The van der Waals surface area contributed by atoms with E-state index in [-0.39, 0.29) is 0 Å². The number of rotatable bonds is 5. The normalized spacial score (nSPS) is 16.6. The van der Waals surface area contributed by atoms with Crippen LogP contribution in [-0.4, -0.2) is 16.5 Å². The highest BCUT2D eigenvalue weighted by atomic mass is 15.0. The van der Waals surface area contributed by atoms with Gasteiger partial charge >= 0.3 is 0 Å². The van der Waals surface area contributed by atoms with Crippen molar-refractivity contribution in [2.24, 2.45) is 0 Å². The summed E-state index contributed by atoms with van der Waals surface area (Å²) in [7, 11) is 0. The van der Waals surface area contributed by atoms with Gasteiger partial charge in [0, 0.05) is 23.7 Å². The maximum atomic E-state index is 4.89. The predicted octanol–water partition coefficient (Wildman–Crippen LogP) is 4.78. The van der Waals surface area contributed by atoms with Crippen LogP contribution in [0.15, 0.2) is 0 Å². The minimum Gasteiger partial charge on any atom is -0.370 e. The van der Waals surface area contributed by atoms with Gasteiger partial charge in [0.05, 0.1) is 0 Å². The maximum Gasteiger partial charge on any atom is 0.134 e. The molecule has 0 bridgehead atoms. The summed E-state index contributed by atoms with van der Waals surface area (Å²) in [4.78, 5) is 9.73. The molecular formula is C17H29N3. The van der Waals surface area contributed by atoms with Crippen LogP contribution in [0, 0.1) is 6.92 Å². The molecule has 0 aliphatic heterocycles. The Morgan fingerprint density at radius 2 is 1.85 bits per heavy atom. The number of aryl methyl sites for hydroxylation is 1. The van der Waals surface area contributed by atoms with Gasteiger partial charge in [0.15, 0.2) is 0 Å². The third-order valence-corrected chi connectivity index (χ3v) is 4.24. The van der Waals surface area contributed by atoms with Crippen LogP contribution < -0.4 is 5.32 Å². The molecular weight excluding hydrogens is 246 g/mol. The third kappa shape index (κ3) is 3.50. The molecule has 20 heavy (non-hydrogen) atoms. The first-order valence-corrected chi connectivity index (χ1v) is 8.25. The summed E-state index contributed by atoms with van der Waals surface area (Å²) in [5.41, 5.74) is 2.45. The van der Waals surface area contributed by atoms with Crippen molar-refractivity contribution in [1.82, 2.24) is 9.97 Å². The van der Waals surface area contributed by atoms with Crippen LogP contribution in [0.2, 0.25) is 0 Å². The molecule has 1 fully saturated rings. The van der Waals surface area contributed by atoms with Crippen molar-refractivity contribution >= 4 is 5.82 Å². The molecule has 1 aliphatic rings. The number of nitrogens with zero attached hydrogens (tertiary/aromatic N) is 2. The largest absolute Gasteiger partial charge is 0.370 e. The number of nitrogens with one attached hydrogen (secondary N) is 1. The van der Waals surface area contributed by atoms with Crippen molar-refractivity contribution in [2.45, 2.75) is 78.1 Å². The van der Waals surface area contributed by atoms with Crippen molar-refractivity contribution in [1.29, 1.82) is 0 Å². The Kier molecular flexibility index (Phi) is 5.38. The van der Waals surface area contributed by atoms with Crippen LogP contribution >= 0.6 is 0 Å². The molecule has 1 aromatic heterocycles. The van der Waals surface area contributed by atoms with Crippen LogP contribution in [0.5, 0.6) is 0 Å². The smallest absolute Gasteiger partial charge is 0.134 e. The molecule has 1 aliphatic carbocycles. The molecule has 1 heterocycles. The fraction of sp³-hybridized carbons (Fsp3) is 0.765. The van der Waals surface area contributed by atoms with E-state index in [1.54, 1.807) is 0 Å². The van der Waals surface area contributed by atoms with E-state index in [0.29, 0.717) is 11.8 Å². The van der Waals surface area contributed by atoms with Crippen LogP contribution in [-0.2, 0) is 0 Å². The predicted molar refractivity (Wildman–Crippen MR) is 85.5 cm³/mol. The average Bonchev–Trinajstić information content (AvgIpc) is 2.45. The van der Waals surface area contributed by atoms with E-state index in [9.17, 15) is 0 Å². The highest BCUT2D eigenvalue weighted by Crippen LogP contribution is 2.33. The van der Waals surface area contributed by atoms with E-state index in [1.165, 1.54) is 37.7 Å². The molecule has 0 spiro atoms. The first kappa shape index (κ1) is 15.3. The standard InChI is InChI=1S/C17H29N3/c1-5-11-18-17-15(12(2)3)13(4)19-16(20-17)14-9-7-6-8-10-14/h12,14H,5-11H2,1-4H3,(H,18,19,20). The molecule has 0 radical (unpaired) electrons. The summed E-state index contributed by atoms with van der Waals surface area (Å²) in [5, 5.41) is 3.51. The van der Waals surface area contributed by atoms with Crippen LogP contribution in [0.3, 0.4) is 0 Å². The van der Waals surface area contributed by atoms with Crippen LogP contribution in [0.1, 0.15) is 88.2 Å². The average molecular weight is 275 g/mol. The molecule has 0 atom stereocenters. The van der Waals surface area contributed by atoms with Gasteiger partial charge in [-0.1, -0.05) is 40.0 Å². The zero-order valence-corrected chi connectivity index (χ0v) is 13.5. The molecule has 1 aromatic rings. The van der Waals surface area contributed by atoms with E-state index in [1.807, 2.05) is 0 Å². The quantitative estimate of drug-likeness (QED) is 0.840. The monoisotopic (exact) mass is 275 g/mol. The fourth-order valence-corrected chi connectivity index (χ4v) is 3.22. The molecule has 0 unspecified atom stereocenters. The lowest BCUT2D eigenvalue weighted by Gasteiger charge is -2.23. The van der Waals surface area contributed by atoms with Crippen molar-refractivity contribution in [2.75, 3.05) is 11.9 Å². The fourth-order valence-electron chi connectivity index (χ4n) is 3.22. The number of hydrogen-bond acceptors (Lipinski definition) is 3. The zero-order chi connectivity index (χ0) is 14.5. The van der Waals surface area contributed by atoms with E-state index < -0.39 is 0 Å². The molecule has 2 rings (SSSR count). The summed E-state index contributed by atoms with van der Waals surface area (Å²) >= 11 is 0. The second-order valence-corrected chi connectivity index (χ2v) is 6.35. The van der Waals surface area contributed by atoms with Gasteiger partial charge in [-0.2, -0.15) is 0 Å². The SMILES string of the molecule is CCCNc1nc(C2CCCCC2)nc(C)c1C(C)C. The van der Waals surface area contributed by atoms with Crippen molar-refractivity contribution in [3.05, 3.63) is 17.1 Å². The molecule has 0 saturated heterocycles. The van der Waals surface area contributed by atoms with Gasteiger partial charge in [0.1, 0.15) is 11.6 Å². The minimum absolute atomic E-state index is 0.467. The van der Waals surface area contributed by atoms with E-state index in [4.69, 9.17) is 9.97 Å². The summed E-state index contributed by atoms with van der Waals surface area (Å²) < 4.78 is 0. The third-order valence-electron chi connectivity index (χ3n) is 4.24. The van der Waals surface area contributed by atoms with Gasteiger partial charge < -0.3 is 5.32 Å². The van der Waals surface area contributed by atoms with E-state index in [0.717, 1.165) is 30.3 Å². The summed E-state index contributed by atoms with van der Waals surface area (Å²) in [6.45, 7) is 9.77. The maximum absolute atomic E-state index is 4.89. The van der Waals surface area contributed by atoms with Gasteiger partial charge in [-0.25, -0.2) is 9.97 Å². The molecule has 112 valence electrons. The summed E-state index contributed by atoms with van der Waals surface area (Å²) in [5.74, 6) is 3.20. The second kappa shape index (κ2) is 7.05. The topological polar surface area (TPSA) is 37.8 Å². The summed E-state index contributed by atoms with van der Waals surface area (Å²) in [6, 6.07) is 0.